The van der Waals surface area contributed by atoms with Crippen LogP contribution in [0.25, 0.3) is 10.4 Å². The number of hydrogen-bond acceptors (Lipinski definition) is 3. The fourth-order valence-electron chi connectivity index (χ4n) is 2.13. The summed E-state index contributed by atoms with van der Waals surface area (Å²) in [6.45, 7) is 11.7. The highest BCUT2D eigenvalue weighted by molar-refractivity contribution is 5.98. The molecule has 0 saturated carbocycles. The lowest BCUT2D eigenvalue weighted by Gasteiger charge is -2.28. The molecule has 0 aliphatic rings. The number of azide groups is 1. The first-order chi connectivity index (χ1) is 9.48. The number of carbonyl (C=O) groups excluding carboxylic acids is 1. The Morgan fingerprint density at radius 2 is 1.57 bits per heavy atom. The number of rotatable bonds is 3. The molecule has 0 radical (unpaired) electrons. The molecule has 0 fully saturated rings. The summed E-state index contributed by atoms with van der Waals surface area (Å²) in [7, 11) is 0. The topological polar surface area (TPSA) is 86.1 Å². The Bertz CT molecular complexity index is 566. The molecular formula is C16H23N3O2. The molecule has 5 nitrogen and oxygen atoms in total. The highest BCUT2D eigenvalue weighted by Crippen LogP contribution is 2.39. The number of benzene rings is 1. The third-order valence-electron chi connectivity index (χ3n) is 3.33. The Labute approximate surface area is 125 Å². The number of carbonyl (C=O) groups is 1. The fraction of sp³-hybridized carbons (Fsp3) is 0.562. The van der Waals surface area contributed by atoms with Crippen molar-refractivity contribution in [2.24, 2.45) is 5.11 Å². The van der Waals surface area contributed by atoms with Gasteiger partial charge in [-0.2, -0.15) is 0 Å². The van der Waals surface area contributed by atoms with Crippen molar-refractivity contribution in [1.29, 1.82) is 0 Å². The fourth-order valence-corrected chi connectivity index (χ4v) is 2.13. The lowest BCUT2D eigenvalue weighted by atomic mass is 9.78. The van der Waals surface area contributed by atoms with E-state index in [9.17, 15) is 9.90 Å². The molecule has 0 bridgehead atoms. The van der Waals surface area contributed by atoms with Gasteiger partial charge in [0.15, 0.2) is 5.78 Å². The summed E-state index contributed by atoms with van der Waals surface area (Å²) in [6, 6.07) is 3.39. The molecule has 5 heteroatoms. The van der Waals surface area contributed by atoms with E-state index in [1.54, 1.807) is 12.1 Å². The van der Waals surface area contributed by atoms with Gasteiger partial charge in [-0.25, -0.2) is 0 Å². The Balaban J connectivity index is 3.55. The maximum Gasteiger partial charge on any atom is 0.168 e. The van der Waals surface area contributed by atoms with Crippen LogP contribution in [0.2, 0.25) is 0 Å². The van der Waals surface area contributed by atoms with Gasteiger partial charge >= 0.3 is 0 Å². The van der Waals surface area contributed by atoms with Crippen LogP contribution in [-0.2, 0) is 10.8 Å². The zero-order valence-electron chi connectivity index (χ0n) is 13.6. The van der Waals surface area contributed by atoms with Crippen molar-refractivity contribution in [2.45, 2.75) is 52.4 Å². The quantitative estimate of drug-likeness (QED) is 0.385. The summed E-state index contributed by atoms with van der Waals surface area (Å²) in [6.07, 6.45) is 0. The van der Waals surface area contributed by atoms with E-state index in [4.69, 9.17) is 5.53 Å². The van der Waals surface area contributed by atoms with E-state index in [0.717, 1.165) is 11.1 Å². The summed E-state index contributed by atoms with van der Waals surface area (Å²) in [5, 5.41) is 13.9. The van der Waals surface area contributed by atoms with Gasteiger partial charge in [-0.05, 0) is 28.5 Å². The van der Waals surface area contributed by atoms with Gasteiger partial charge in [0, 0.05) is 21.6 Å². The smallest absolute Gasteiger partial charge is 0.168 e. The third kappa shape index (κ3) is 3.99. The number of nitrogens with zero attached hydrogens (tertiary/aromatic N) is 3. The Kier molecular flexibility index (Phi) is 4.69. The molecule has 1 rings (SSSR count). The van der Waals surface area contributed by atoms with Gasteiger partial charge < -0.3 is 5.11 Å². The number of phenolic OH excluding ortho intramolecular Hbond substituents is 1. The van der Waals surface area contributed by atoms with Crippen molar-refractivity contribution in [3.8, 4) is 5.75 Å². The van der Waals surface area contributed by atoms with Crippen molar-refractivity contribution in [3.05, 3.63) is 39.3 Å². The van der Waals surface area contributed by atoms with Crippen molar-refractivity contribution in [3.63, 3.8) is 0 Å². The standard InChI is InChI=1S/C16H23N3O2/c1-15(2,3)11-7-10(13(20)9-18-19-17)8-12(14(11)21)16(4,5)6/h7-8,21H,9H2,1-6H3. The largest absolute Gasteiger partial charge is 0.507 e. The maximum absolute atomic E-state index is 12.1. The van der Waals surface area contributed by atoms with E-state index >= 15 is 0 Å². The maximum atomic E-state index is 12.1. The molecule has 1 N–H and O–H groups in total. The summed E-state index contributed by atoms with van der Waals surface area (Å²) >= 11 is 0. The van der Waals surface area contributed by atoms with Crippen LogP contribution in [0.4, 0.5) is 0 Å². The minimum atomic E-state index is -0.293. The van der Waals surface area contributed by atoms with Crippen LogP contribution >= 0.6 is 0 Å². The molecular weight excluding hydrogens is 266 g/mol. The number of aromatic hydroxyl groups is 1. The van der Waals surface area contributed by atoms with E-state index in [-0.39, 0.29) is 28.9 Å². The van der Waals surface area contributed by atoms with Crippen LogP contribution in [0.15, 0.2) is 17.2 Å². The third-order valence-corrected chi connectivity index (χ3v) is 3.33. The second-order valence-corrected chi connectivity index (χ2v) is 7.23. The van der Waals surface area contributed by atoms with Gasteiger partial charge in [0.1, 0.15) is 5.75 Å². The summed E-state index contributed by atoms with van der Waals surface area (Å²) < 4.78 is 0. The summed E-state index contributed by atoms with van der Waals surface area (Å²) in [4.78, 5) is 14.7. The number of ketones is 1. The number of Topliss-reactive ketones (excluding diaryl/α,β-unsaturated/α-hetero) is 1. The predicted octanol–water partition coefficient (Wildman–Crippen LogP) is 4.48. The van der Waals surface area contributed by atoms with Gasteiger partial charge in [0.25, 0.3) is 0 Å². The minimum Gasteiger partial charge on any atom is -0.507 e. The Morgan fingerprint density at radius 1 is 1.14 bits per heavy atom. The van der Waals surface area contributed by atoms with E-state index in [2.05, 4.69) is 10.0 Å². The van der Waals surface area contributed by atoms with Crippen LogP contribution in [0.1, 0.15) is 63.0 Å². The van der Waals surface area contributed by atoms with Crippen LogP contribution in [0, 0.1) is 0 Å². The molecule has 0 aromatic heterocycles. The molecule has 1 aromatic rings. The van der Waals surface area contributed by atoms with Gasteiger partial charge in [0.2, 0.25) is 0 Å². The molecule has 0 atom stereocenters. The Morgan fingerprint density at radius 3 is 1.90 bits per heavy atom. The first kappa shape index (κ1) is 17.1. The molecule has 21 heavy (non-hydrogen) atoms. The van der Waals surface area contributed by atoms with Crippen LogP contribution in [0.5, 0.6) is 5.75 Å². The van der Waals surface area contributed by atoms with Gasteiger partial charge in [-0.3, -0.25) is 4.79 Å². The summed E-state index contributed by atoms with van der Waals surface area (Å²) in [5.74, 6) is -0.0147. The van der Waals surface area contributed by atoms with E-state index < -0.39 is 0 Å². The molecule has 1 aromatic carbocycles. The molecule has 0 heterocycles. The zero-order valence-corrected chi connectivity index (χ0v) is 13.6. The van der Waals surface area contributed by atoms with Crippen molar-refractivity contribution >= 4 is 5.78 Å². The highest BCUT2D eigenvalue weighted by Gasteiger charge is 2.27. The zero-order chi connectivity index (χ0) is 16.4. The number of phenols is 1. The normalized spacial score (nSPS) is 11.9. The lowest BCUT2D eigenvalue weighted by Crippen LogP contribution is -2.19. The molecule has 0 saturated heterocycles. The van der Waals surface area contributed by atoms with Gasteiger partial charge in [-0.1, -0.05) is 46.7 Å². The molecule has 0 aliphatic heterocycles. The average molecular weight is 289 g/mol. The lowest BCUT2D eigenvalue weighted by molar-refractivity contribution is 0.100. The molecule has 0 unspecified atom stereocenters. The van der Waals surface area contributed by atoms with Gasteiger partial charge in [-0.15, -0.1) is 0 Å². The second kappa shape index (κ2) is 5.78. The van der Waals surface area contributed by atoms with E-state index in [1.165, 1.54) is 0 Å². The minimum absolute atomic E-state index is 0.214. The molecule has 114 valence electrons. The van der Waals surface area contributed by atoms with E-state index in [1.807, 2.05) is 41.5 Å². The SMILES string of the molecule is CC(C)(C)c1cc(C(=O)CN=[N+]=[N-])cc(C(C)(C)C)c1O. The molecule has 0 aliphatic carbocycles. The van der Waals surface area contributed by atoms with Crippen molar-refractivity contribution in [2.75, 3.05) is 6.54 Å². The van der Waals surface area contributed by atoms with Gasteiger partial charge in [0.05, 0.1) is 6.54 Å². The highest BCUT2D eigenvalue weighted by atomic mass is 16.3. The molecule has 0 amide bonds. The van der Waals surface area contributed by atoms with Crippen molar-refractivity contribution in [1.82, 2.24) is 0 Å². The van der Waals surface area contributed by atoms with Crippen molar-refractivity contribution < 1.29 is 9.90 Å². The van der Waals surface area contributed by atoms with Crippen LogP contribution < -0.4 is 0 Å². The van der Waals surface area contributed by atoms with Crippen LogP contribution in [0.3, 0.4) is 0 Å². The van der Waals surface area contributed by atoms with E-state index in [0.29, 0.717) is 5.56 Å². The number of hydrogen-bond donors (Lipinski definition) is 1. The second-order valence-electron chi connectivity index (χ2n) is 7.23. The predicted molar refractivity (Wildman–Crippen MR) is 83.9 cm³/mol. The summed E-state index contributed by atoms with van der Waals surface area (Å²) in [5.41, 5.74) is 9.67. The first-order valence-corrected chi connectivity index (χ1v) is 6.90. The first-order valence-electron chi connectivity index (χ1n) is 6.90. The molecule has 0 spiro atoms. The Hall–Kier alpha value is -2.00. The average Bonchev–Trinajstić information content (AvgIpc) is 2.33. The monoisotopic (exact) mass is 289 g/mol. The van der Waals surface area contributed by atoms with Crippen LogP contribution in [-0.4, -0.2) is 17.4 Å².